The van der Waals surface area contributed by atoms with Gasteiger partial charge in [0.2, 0.25) is 0 Å². The lowest BCUT2D eigenvalue weighted by Gasteiger charge is -2.11. The van der Waals surface area contributed by atoms with Crippen molar-refractivity contribution in [2.24, 2.45) is 5.73 Å². The summed E-state index contributed by atoms with van der Waals surface area (Å²) in [6.07, 6.45) is 1.65. The van der Waals surface area contributed by atoms with Gasteiger partial charge in [0, 0.05) is 14.2 Å². The van der Waals surface area contributed by atoms with Crippen LogP contribution in [0.2, 0.25) is 0 Å². The van der Waals surface area contributed by atoms with E-state index in [2.05, 4.69) is 10.3 Å². The number of aromatic nitrogens is 3. The van der Waals surface area contributed by atoms with Crippen LogP contribution in [0.15, 0.2) is 6.20 Å². The zero-order valence-electron chi connectivity index (χ0n) is 8.51. The molecule has 0 unspecified atom stereocenters. The van der Waals surface area contributed by atoms with E-state index >= 15 is 0 Å². The van der Waals surface area contributed by atoms with Gasteiger partial charge in [-0.2, -0.15) is 0 Å². The Kier molecular flexibility index (Phi) is 4.51. The Morgan fingerprint density at radius 1 is 1.50 bits per heavy atom. The van der Waals surface area contributed by atoms with Crippen LogP contribution < -0.4 is 5.73 Å². The highest BCUT2D eigenvalue weighted by Crippen LogP contribution is 2.07. The molecule has 6 nitrogen and oxygen atoms in total. The molecule has 14 heavy (non-hydrogen) atoms. The van der Waals surface area contributed by atoms with Crippen LogP contribution in [0.3, 0.4) is 0 Å². The van der Waals surface area contributed by atoms with Crippen LogP contribution in [0.5, 0.6) is 0 Å². The van der Waals surface area contributed by atoms with E-state index < -0.39 is 0 Å². The smallest absolute Gasteiger partial charge is 0.0778 e. The molecule has 0 spiro atoms. The summed E-state index contributed by atoms with van der Waals surface area (Å²) in [6.45, 7) is 1.71. The van der Waals surface area contributed by atoms with Crippen LogP contribution in [-0.2, 0) is 16.0 Å². The molecular formula is C8H16N4O2. The highest BCUT2D eigenvalue weighted by molar-refractivity contribution is 5.01. The minimum Gasteiger partial charge on any atom is -0.383 e. The highest BCUT2D eigenvalue weighted by Gasteiger charge is 2.11. The number of hydrogen-bond acceptors (Lipinski definition) is 5. The SMILES string of the molecule is COCCn1nncc1[C@@H](N)COC. The third-order valence-corrected chi connectivity index (χ3v) is 1.88. The lowest BCUT2D eigenvalue weighted by atomic mass is 10.2. The van der Waals surface area contributed by atoms with Crippen LogP contribution >= 0.6 is 0 Å². The van der Waals surface area contributed by atoms with Gasteiger partial charge in [-0.05, 0) is 0 Å². The molecule has 1 aromatic rings. The molecule has 2 N–H and O–H groups in total. The molecular weight excluding hydrogens is 184 g/mol. The average Bonchev–Trinajstić information content (AvgIpc) is 2.63. The Labute approximate surface area is 83.0 Å². The zero-order valence-corrected chi connectivity index (χ0v) is 8.51. The maximum atomic E-state index is 5.86. The second-order valence-corrected chi connectivity index (χ2v) is 2.94. The van der Waals surface area contributed by atoms with Crippen molar-refractivity contribution in [3.8, 4) is 0 Å². The molecule has 0 aromatic carbocycles. The Hall–Kier alpha value is -0.980. The zero-order chi connectivity index (χ0) is 10.4. The standard InChI is InChI=1S/C8H16N4O2/c1-13-4-3-12-8(5-10-11-12)7(9)6-14-2/h5,7H,3-4,6,9H2,1-2H3/t7-/m0/s1. The van der Waals surface area contributed by atoms with Gasteiger partial charge in [-0.25, -0.2) is 4.68 Å². The molecule has 0 fully saturated rings. The van der Waals surface area contributed by atoms with Gasteiger partial charge in [-0.15, -0.1) is 5.10 Å². The molecule has 1 aromatic heterocycles. The molecule has 0 radical (unpaired) electrons. The van der Waals surface area contributed by atoms with Crippen LogP contribution in [0.1, 0.15) is 11.7 Å². The van der Waals surface area contributed by atoms with Crippen LogP contribution in [0.4, 0.5) is 0 Å². The summed E-state index contributed by atoms with van der Waals surface area (Å²) >= 11 is 0. The number of ether oxygens (including phenoxy) is 2. The molecule has 80 valence electrons. The first-order valence-corrected chi connectivity index (χ1v) is 4.41. The molecule has 0 saturated heterocycles. The van der Waals surface area contributed by atoms with E-state index in [1.54, 1.807) is 25.1 Å². The minimum atomic E-state index is -0.188. The molecule has 1 heterocycles. The van der Waals surface area contributed by atoms with Crippen molar-refractivity contribution in [3.05, 3.63) is 11.9 Å². The number of nitrogens with zero attached hydrogens (tertiary/aromatic N) is 3. The third kappa shape index (κ3) is 2.76. The Morgan fingerprint density at radius 3 is 2.93 bits per heavy atom. The van der Waals surface area contributed by atoms with Crippen LogP contribution in [-0.4, -0.2) is 42.4 Å². The summed E-state index contributed by atoms with van der Waals surface area (Å²) in [5.74, 6) is 0. The average molecular weight is 200 g/mol. The van der Waals surface area contributed by atoms with E-state index in [1.807, 2.05) is 0 Å². The number of nitrogens with two attached hydrogens (primary N) is 1. The molecule has 0 aliphatic rings. The van der Waals surface area contributed by atoms with Gasteiger partial charge >= 0.3 is 0 Å². The lowest BCUT2D eigenvalue weighted by Crippen LogP contribution is -2.21. The van der Waals surface area contributed by atoms with Crippen molar-refractivity contribution in [1.82, 2.24) is 15.0 Å². The molecule has 0 amide bonds. The van der Waals surface area contributed by atoms with E-state index in [-0.39, 0.29) is 6.04 Å². The third-order valence-electron chi connectivity index (χ3n) is 1.88. The first-order chi connectivity index (χ1) is 6.79. The van der Waals surface area contributed by atoms with Gasteiger partial charge in [0.05, 0.1) is 37.7 Å². The van der Waals surface area contributed by atoms with Crippen molar-refractivity contribution in [2.75, 3.05) is 27.4 Å². The molecule has 0 aliphatic carbocycles. The van der Waals surface area contributed by atoms with Crippen LogP contribution in [0, 0.1) is 0 Å². The van der Waals surface area contributed by atoms with Gasteiger partial charge in [0.15, 0.2) is 0 Å². The minimum absolute atomic E-state index is 0.188. The molecule has 0 aliphatic heterocycles. The van der Waals surface area contributed by atoms with Gasteiger partial charge in [0.25, 0.3) is 0 Å². The monoisotopic (exact) mass is 200 g/mol. The maximum absolute atomic E-state index is 5.86. The second-order valence-electron chi connectivity index (χ2n) is 2.94. The quantitative estimate of drug-likeness (QED) is 0.674. The van der Waals surface area contributed by atoms with Crippen LogP contribution in [0.25, 0.3) is 0 Å². The van der Waals surface area contributed by atoms with E-state index in [1.165, 1.54) is 0 Å². The molecule has 0 bridgehead atoms. The molecule has 1 rings (SSSR count). The van der Waals surface area contributed by atoms with Crippen molar-refractivity contribution in [2.45, 2.75) is 12.6 Å². The summed E-state index contributed by atoms with van der Waals surface area (Å²) < 4.78 is 11.6. The highest BCUT2D eigenvalue weighted by atomic mass is 16.5. The van der Waals surface area contributed by atoms with E-state index in [9.17, 15) is 0 Å². The fraction of sp³-hybridized carbons (Fsp3) is 0.750. The summed E-state index contributed by atoms with van der Waals surface area (Å²) in [4.78, 5) is 0. The van der Waals surface area contributed by atoms with Gasteiger partial charge in [0.1, 0.15) is 0 Å². The first-order valence-electron chi connectivity index (χ1n) is 4.41. The van der Waals surface area contributed by atoms with E-state index in [0.29, 0.717) is 19.8 Å². The predicted octanol–water partition coefficient (Wildman–Crippen LogP) is -0.429. The first kappa shape index (κ1) is 11.1. The molecule has 1 atom stereocenters. The topological polar surface area (TPSA) is 75.2 Å². The summed E-state index contributed by atoms with van der Waals surface area (Å²) in [6, 6.07) is -0.188. The van der Waals surface area contributed by atoms with Crippen molar-refractivity contribution in [1.29, 1.82) is 0 Å². The molecule has 6 heteroatoms. The second kappa shape index (κ2) is 5.69. The maximum Gasteiger partial charge on any atom is 0.0778 e. The predicted molar refractivity (Wildman–Crippen MR) is 50.7 cm³/mol. The summed E-state index contributed by atoms with van der Waals surface area (Å²) in [7, 11) is 3.26. The molecule has 0 saturated carbocycles. The van der Waals surface area contributed by atoms with Gasteiger partial charge < -0.3 is 15.2 Å². The van der Waals surface area contributed by atoms with E-state index in [0.717, 1.165) is 5.69 Å². The van der Waals surface area contributed by atoms with Gasteiger partial charge in [-0.3, -0.25) is 0 Å². The number of hydrogen-bond donors (Lipinski definition) is 1. The van der Waals surface area contributed by atoms with Crippen molar-refractivity contribution in [3.63, 3.8) is 0 Å². The fourth-order valence-electron chi connectivity index (χ4n) is 1.17. The number of methoxy groups -OCH3 is 2. The summed E-state index contributed by atoms with van der Waals surface area (Å²) in [5, 5.41) is 7.71. The lowest BCUT2D eigenvalue weighted by molar-refractivity contribution is 0.168. The number of rotatable bonds is 6. The van der Waals surface area contributed by atoms with Crippen molar-refractivity contribution < 1.29 is 9.47 Å². The van der Waals surface area contributed by atoms with E-state index in [4.69, 9.17) is 15.2 Å². The summed E-state index contributed by atoms with van der Waals surface area (Å²) in [5.41, 5.74) is 6.72. The Bertz CT molecular complexity index is 264. The largest absolute Gasteiger partial charge is 0.383 e. The Balaban J connectivity index is 2.61. The Morgan fingerprint density at radius 2 is 2.29 bits per heavy atom. The van der Waals surface area contributed by atoms with Gasteiger partial charge in [-0.1, -0.05) is 5.21 Å². The van der Waals surface area contributed by atoms with Crippen molar-refractivity contribution >= 4 is 0 Å². The fourth-order valence-corrected chi connectivity index (χ4v) is 1.17. The normalized spacial score (nSPS) is 13.1.